The van der Waals surface area contributed by atoms with Gasteiger partial charge in [0, 0.05) is 25.5 Å². The van der Waals surface area contributed by atoms with E-state index < -0.39 is 5.56 Å². The van der Waals surface area contributed by atoms with Crippen LogP contribution in [0.3, 0.4) is 0 Å². The van der Waals surface area contributed by atoms with E-state index >= 15 is 0 Å². The number of benzene rings is 2. The van der Waals surface area contributed by atoms with Crippen LogP contribution in [0.5, 0.6) is 5.75 Å². The van der Waals surface area contributed by atoms with Gasteiger partial charge in [0.25, 0.3) is 5.56 Å². The third-order valence-electron chi connectivity index (χ3n) is 4.94. The Labute approximate surface area is 184 Å². The van der Waals surface area contributed by atoms with Gasteiger partial charge in [0.05, 0.1) is 13.7 Å². The first kappa shape index (κ1) is 21.0. The molecule has 10 heteroatoms. The van der Waals surface area contributed by atoms with Crippen LogP contribution in [-0.2, 0) is 17.9 Å². The van der Waals surface area contributed by atoms with E-state index in [4.69, 9.17) is 4.74 Å². The Bertz CT molecular complexity index is 1310. The summed E-state index contributed by atoms with van der Waals surface area (Å²) in [6, 6.07) is 14.9. The van der Waals surface area contributed by atoms with E-state index in [2.05, 4.69) is 20.6 Å². The molecule has 4 aromatic rings. The van der Waals surface area contributed by atoms with E-state index in [1.165, 1.54) is 10.9 Å². The first-order valence-corrected chi connectivity index (χ1v) is 9.93. The highest BCUT2D eigenvalue weighted by atomic mass is 16.5. The Morgan fingerprint density at radius 1 is 1.16 bits per heavy atom. The molecule has 32 heavy (non-hydrogen) atoms. The van der Waals surface area contributed by atoms with Crippen LogP contribution in [0.15, 0.2) is 59.7 Å². The quantitative estimate of drug-likeness (QED) is 0.473. The molecule has 2 aromatic carbocycles. The normalized spacial score (nSPS) is 10.8. The number of nitrogens with zero attached hydrogens (tertiary/aromatic N) is 6. The summed E-state index contributed by atoms with van der Waals surface area (Å²) >= 11 is 0. The predicted octanol–water partition coefficient (Wildman–Crippen LogP) is 1.75. The number of carbonyl (C=O) groups excluding carboxylic acids is 1. The largest absolute Gasteiger partial charge is 0.497 e. The van der Waals surface area contributed by atoms with Crippen LogP contribution in [-0.4, -0.2) is 51.7 Å². The molecule has 10 nitrogen and oxygen atoms in total. The predicted molar refractivity (Wildman–Crippen MR) is 121 cm³/mol. The maximum absolute atomic E-state index is 12.8. The second-order valence-electron chi connectivity index (χ2n) is 7.44. The number of amides is 1. The van der Waals surface area contributed by atoms with Gasteiger partial charge >= 0.3 is 0 Å². The molecule has 0 atom stereocenters. The van der Waals surface area contributed by atoms with Crippen LogP contribution in [0.4, 0.5) is 11.4 Å². The van der Waals surface area contributed by atoms with E-state index in [1.54, 1.807) is 11.8 Å². The molecule has 0 unspecified atom stereocenters. The third kappa shape index (κ3) is 4.43. The van der Waals surface area contributed by atoms with Crippen molar-refractivity contribution in [2.75, 3.05) is 31.4 Å². The number of hydrogen-bond donors (Lipinski definition) is 1. The Morgan fingerprint density at radius 2 is 1.94 bits per heavy atom. The van der Waals surface area contributed by atoms with Gasteiger partial charge in [-0.1, -0.05) is 17.3 Å². The van der Waals surface area contributed by atoms with E-state index in [0.29, 0.717) is 17.9 Å². The van der Waals surface area contributed by atoms with Crippen molar-refractivity contribution >= 4 is 28.4 Å². The molecule has 0 spiro atoms. The molecular weight excluding hydrogens is 410 g/mol. The van der Waals surface area contributed by atoms with Gasteiger partial charge in [0.1, 0.15) is 18.6 Å². The van der Waals surface area contributed by atoms with Crippen LogP contribution in [0.1, 0.15) is 5.56 Å². The molecule has 0 aliphatic heterocycles. The molecule has 2 aromatic heterocycles. The average Bonchev–Trinajstić information content (AvgIpc) is 3.19. The summed E-state index contributed by atoms with van der Waals surface area (Å²) in [6.07, 6.45) is 1.34. The Hall–Kier alpha value is -4.21. The lowest BCUT2D eigenvalue weighted by molar-refractivity contribution is -0.116. The Kier molecular flexibility index (Phi) is 5.84. The summed E-state index contributed by atoms with van der Waals surface area (Å²) in [5, 5.41) is 10.8. The maximum atomic E-state index is 12.8. The average molecular weight is 433 g/mol. The summed E-state index contributed by atoms with van der Waals surface area (Å²) in [7, 11) is 5.48. The lowest BCUT2D eigenvalue weighted by Gasteiger charge is -2.13. The van der Waals surface area contributed by atoms with Crippen molar-refractivity contribution in [1.29, 1.82) is 0 Å². The molecule has 164 valence electrons. The van der Waals surface area contributed by atoms with Gasteiger partial charge in [-0.15, -0.1) is 5.10 Å². The van der Waals surface area contributed by atoms with Crippen LogP contribution >= 0.6 is 0 Å². The van der Waals surface area contributed by atoms with E-state index in [1.807, 2.05) is 67.5 Å². The highest BCUT2D eigenvalue weighted by Gasteiger charge is 2.14. The Balaban J connectivity index is 1.50. The topological polar surface area (TPSA) is 107 Å². The zero-order valence-electron chi connectivity index (χ0n) is 18.0. The number of fused-ring (bicyclic) bond motifs is 1. The lowest BCUT2D eigenvalue weighted by atomic mass is 10.2. The minimum absolute atomic E-state index is 0.110. The smallest absolute Gasteiger partial charge is 0.283 e. The molecule has 1 N–H and O–H groups in total. The summed E-state index contributed by atoms with van der Waals surface area (Å²) in [4.78, 5) is 31.5. The molecule has 0 radical (unpaired) electrons. The SMILES string of the molecule is COc1cccc(Cn2nnc3c(=O)n(CC(=O)Nc4ccc(N(C)C)cc4)cnc32)c1. The number of hydrogen-bond acceptors (Lipinski definition) is 7. The number of nitrogens with one attached hydrogen (secondary N) is 1. The monoisotopic (exact) mass is 433 g/mol. The number of carbonyl (C=O) groups is 1. The van der Waals surface area contributed by atoms with Gasteiger partial charge in [-0.25, -0.2) is 9.67 Å². The molecule has 0 aliphatic rings. The van der Waals surface area contributed by atoms with Crippen molar-refractivity contribution in [1.82, 2.24) is 24.5 Å². The fraction of sp³-hybridized carbons (Fsp3) is 0.227. The standard InChI is InChI=1S/C22H23N7O3/c1-27(2)17-9-7-16(8-10-17)24-19(30)13-28-14-23-21-20(22(28)31)25-26-29(21)12-15-5-4-6-18(11-15)32-3/h4-11,14H,12-13H2,1-3H3,(H,24,30). The molecule has 0 bridgehead atoms. The number of rotatable bonds is 7. The van der Waals surface area contributed by atoms with Gasteiger partial charge in [0.15, 0.2) is 11.2 Å². The number of ether oxygens (including phenoxy) is 1. The van der Waals surface area contributed by atoms with E-state index in [9.17, 15) is 9.59 Å². The Morgan fingerprint density at radius 3 is 2.66 bits per heavy atom. The molecule has 0 saturated heterocycles. The fourth-order valence-electron chi connectivity index (χ4n) is 3.25. The third-order valence-corrected chi connectivity index (χ3v) is 4.94. The lowest BCUT2D eigenvalue weighted by Crippen LogP contribution is -2.28. The zero-order chi connectivity index (χ0) is 22.7. The summed E-state index contributed by atoms with van der Waals surface area (Å²) in [5.74, 6) is 0.388. The minimum atomic E-state index is -0.426. The van der Waals surface area contributed by atoms with Gasteiger partial charge in [-0.3, -0.25) is 14.2 Å². The van der Waals surface area contributed by atoms with Gasteiger partial charge in [-0.2, -0.15) is 0 Å². The van der Waals surface area contributed by atoms with Crippen molar-refractivity contribution < 1.29 is 9.53 Å². The molecule has 0 saturated carbocycles. The van der Waals surface area contributed by atoms with Crippen molar-refractivity contribution in [3.05, 3.63) is 70.8 Å². The summed E-state index contributed by atoms with van der Waals surface area (Å²) in [6.45, 7) is 0.202. The van der Waals surface area contributed by atoms with Crippen molar-refractivity contribution in [2.24, 2.45) is 0 Å². The molecule has 0 aliphatic carbocycles. The van der Waals surface area contributed by atoms with E-state index in [0.717, 1.165) is 17.0 Å². The van der Waals surface area contributed by atoms with Gasteiger partial charge < -0.3 is 15.0 Å². The van der Waals surface area contributed by atoms with E-state index in [-0.39, 0.29) is 18.0 Å². The number of aromatic nitrogens is 5. The molecular formula is C22H23N7O3. The highest BCUT2D eigenvalue weighted by Crippen LogP contribution is 2.16. The second kappa shape index (κ2) is 8.88. The van der Waals surface area contributed by atoms with Crippen LogP contribution in [0, 0.1) is 0 Å². The summed E-state index contributed by atoms with van der Waals surface area (Å²) < 4.78 is 8.00. The number of methoxy groups -OCH3 is 1. The summed E-state index contributed by atoms with van der Waals surface area (Å²) in [5.41, 5.74) is 2.64. The molecule has 1 amide bonds. The van der Waals surface area contributed by atoms with Gasteiger partial charge in [0.2, 0.25) is 5.91 Å². The van der Waals surface area contributed by atoms with Crippen molar-refractivity contribution in [3.63, 3.8) is 0 Å². The number of anilines is 2. The van der Waals surface area contributed by atoms with Crippen molar-refractivity contribution in [3.8, 4) is 5.75 Å². The van der Waals surface area contributed by atoms with Crippen molar-refractivity contribution in [2.45, 2.75) is 13.1 Å². The highest BCUT2D eigenvalue weighted by molar-refractivity contribution is 5.90. The maximum Gasteiger partial charge on any atom is 0.283 e. The van der Waals surface area contributed by atoms with Crippen LogP contribution in [0.2, 0.25) is 0 Å². The van der Waals surface area contributed by atoms with Gasteiger partial charge in [-0.05, 0) is 42.0 Å². The van der Waals surface area contributed by atoms with Crippen LogP contribution < -0.4 is 20.5 Å². The molecule has 4 rings (SSSR count). The first-order valence-electron chi connectivity index (χ1n) is 9.93. The molecule has 2 heterocycles. The molecule has 0 fully saturated rings. The second-order valence-corrected chi connectivity index (χ2v) is 7.44. The fourth-order valence-corrected chi connectivity index (χ4v) is 3.25. The first-order chi connectivity index (χ1) is 15.4. The minimum Gasteiger partial charge on any atom is -0.497 e. The van der Waals surface area contributed by atoms with Crippen LogP contribution in [0.25, 0.3) is 11.2 Å². The zero-order valence-corrected chi connectivity index (χ0v) is 18.0.